The molecule has 3 aromatic heterocycles. The number of rotatable bonds is 9. The molecule has 0 aliphatic heterocycles. The van der Waals surface area contributed by atoms with E-state index in [1.165, 1.54) is 29.8 Å². The van der Waals surface area contributed by atoms with E-state index in [0.29, 0.717) is 45.6 Å². The molecule has 5 rings (SSSR count). The Labute approximate surface area is 233 Å². The molecule has 0 saturated carbocycles. The standard InChI is InChI=1S/C28H27FN6O4S/c1-5-6-37-25-13-32-26-19(7-15(2)8-22(26)34-25)27-35-21-9-20(29)23(10-24(21)40-27)39-16(3)14-38-28(36)33-18-11-30-17(4)31-12-18/h7-13,16H,5-6,14H2,1-4H3,(H,33,36)/t16-/m0/s1. The zero-order chi connectivity index (χ0) is 28.2. The number of hydrogen-bond acceptors (Lipinski definition) is 10. The van der Waals surface area contributed by atoms with E-state index < -0.39 is 18.0 Å². The van der Waals surface area contributed by atoms with Crippen LogP contribution in [-0.4, -0.2) is 50.3 Å². The summed E-state index contributed by atoms with van der Waals surface area (Å²) >= 11 is 1.40. The molecule has 0 aliphatic carbocycles. The third-order valence-corrected chi connectivity index (χ3v) is 6.75. The maximum Gasteiger partial charge on any atom is 0.411 e. The fourth-order valence-corrected chi connectivity index (χ4v) is 4.87. The number of benzene rings is 2. The molecule has 0 spiro atoms. The Bertz CT molecular complexity index is 1680. The van der Waals surface area contributed by atoms with Gasteiger partial charge in [0, 0.05) is 17.7 Å². The smallest absolute Gasteiger partial charge is 0.411 e. The van der Waals surface area contributed by atoms with Gasteiger partial charge in [0.15, 0.2) is 11.6 Å². The molecule has 0 radical (unpaired) electrons. The van der Waals surface area contributed by atoms with Crippen LogP contribution in [-0.2, 0) is 4.74 Å². The molecule has 0 fully saturated rings. The van der Waals surface area contributed by atoms with Gasteiger partial charge in [-0.25, -0.2) is 34.1 Å². The topological polar surface area (TPSA) is 121 Å². The maximum atomic E-state index is 14.9. The molecule has 0 bridgehead atoms. The highest BCUT2D eigenvalue weighted by Gasteiger charge is 2.18. The van der Waals surface area contributed by atoms with Gasteiger partial charge in [-0.1, -0.05) is 6.92 Å². The highest BCUT2D eigenvalue weighted by molar-refractivity contribution is 7.21. The monoisotopic (exact) mass is 562 g/mol. The minimum Gasteiger partial charge on any atom is -0.484 e. The van der Waals surface area contributed by atoms with Crippen molar-refractivity contribution >= 4 is 44.4 Å². The molecule has 1 atom stereocenters. The second kappa shape index (κ2) is 11.7. The summed E-state index contributed by atoms with van der Waals surface area (Å²) in [4.78, 5) is 33.9. The first kappa shape index (κ1) is 27.1. The fourth-order valence-electron chi connectivity index (χ4n) is 3.88. The number of nitrogens with zero attached hydrogens (tertiary/aromatic N) is 5. The zero-order valence-electron chi connectivity index (χ0n) is 22.4. The summed E-state index contributed by atoms with van der Waals surface area (Å²) in [6.07, 6.45) is 4.13. The van der Waals surface area contributed by atoms with Gasteiger partial charge in [0.05, 0.1) is 52.1 Å². The molecule has 1 amide bonds. The summed E-state index contributed by atoms with van der Waals surface area (Å²) in [6, 6.07) is 6.87. The lowest BCUT2D eigenvalue weighted by atomic mass is 10.1. The van der Waals surface area contributed by atoms with Gasteiger partial charge < -0.3 is 14.2 Å². The van der Waals surface area contributed by atoms with Crippen LogP contribution in [0.25, 0.3) is 31.8 Å². The van der Waals surface area contributed by atoms with Gasteiger partial charge in [-0.15, -0.1) is 11.3 Å². The van der Waals surface area contributed by atoms with Crippen molar-refractivity contribution in [2.24, 2.45) is 0 Å². The van der Waals surface area contributed by atoms with Crippen LogP contribution in [0.15, 0.2) is 42.9 Å². The van der Waals surface area contributed by atoms with E-state index in [9.17, 15) is 9.18 Å². The minimum atomic E-state index is -0.691. The average molecular weight is 563 g/mol. The van der Waals surface area contributed by atoms with E-state index in [-0.39, 0.29) is 12.4 Å². The third-order valence-electron chi connectivity index (χ3n) is 5.70. The highest BCUT2D eigenvalue weighted by atomic mass is 32.1. The molecule has 5 aromatic rings. The van der Waals surface area contributed by atoms with E-state index in [1.54, 1.807) is 26.1 Å². The molecule has 1 N–H and O–H groups in total. The summed E-state index contributed by atoms with van der Waals surface area (Å²) < 4.78 is 32.3. The lowest BCUT2D eigenvalue weighted by molar-refractivity contribution is 0.0969. The van der Waals surface area contributed by atoms with E-state index in [0.717, 1.165) is 22.2 Å². The van der Waals surface area contributed by atoms with Crippen LogP contribution >= 0.6 is 11.3 Å². The van der Waals surface area contributed by atoms with Crippen molar-refractivity contribution in [2.75, 3.05) is 18.5 Å². The van der Waals surface area contributed by atoms with Gasteiger partial charge in [-0.3, -0.25) is 5.32 Å². The summed E-state index contributed by atoms with van der Waals surface area (Å²) in [5.41, 5.74) is 4.09. The predicted molar refractivity (Wildman–Crippen MR) is 150 cm³/mol. The summed E-state index contributed by atoms with van der Waals surface area (Å²) in [5, 5.41) is 3.22. The van der Waals surface area contributed by atoms with Gasteiger partial charge in [-0.2, -0.15) is 0 Å². The molecule has 3 heterocycles. The average Bonchev–Trinajstić information content (AvgIpc) is 3.34. The second-order valence-electron chi connectivity index (χ2n) is 9.18. The van der Waals surface area contributed by atoms with Gasteiger partial charge in [-0.05, 0) is 44.9 Å². The Morgan fingerprint density at radius 2 is 1.85 bits per heavy atom. The Balaban J connectivity index is 1.31. The second-order valence-corrected chi connectivity index (χ2v) is 10.2. The molecule has 0 aliphatic rings. The third kappa shape index (κ3) is 6.23. The number of ether oxygens (including phenoxy) is 3. The number of thiazole rings is 1. The molecule has 0 saturated heterocycles. The first-order valence-corrected chi connectivity index (χ1v) is 13.5. The number of amides is 1. The Hall–Kier alpha value is -4.45. The van der Waals surface area contributed by atoms with Crippen molar-refractivity contribution in [1.82, 2.24) is 24.9 Å². The number of aromatic nitrogens is 5. The number of fused-ring (bicyclic) bond motifs is 2. The summed E-state index contributed by atoms with van der Waals surface area (Å²) in [5.74, 6) is 0.529. The highest BCUT2D eigenvalue weighted by Crippen LogP contribution is 2.37. The van der Waals surface area contributed by atoms with Gasteiger partial charge in [0.25, 0.3) is 0 Å². The molecule has 0 unspecified atom stereocenters. The van der Waals surface area contributed by atoms with Gasteiger partial charge in [0.1, 0.15) is 23.5 Å². The predicted octanol–water partition coefficient (Wildman–Crippen LogP) is 6.26. The zero-order valence-corrected chi connectivity index (χ0v) is 23.2. The van der Waals surface area contributed by atoms with Crippen LogP contribution in [0.5, 0.6) is 11.6 Å². The number of aryl methyl sites for hydroxylation is 2. The summed E-state index contributed by atoms with van der Waals surface area (Å²) in [6.45, 7) is 7.89. The number of carbonyl (C=O) groups is 1. The van der Waals surface area contributed by atoms with E-state index in [2.05, 4.69) is 30.2 Å². The van der Waals surface area contributed by atoms with Crippen molar-refractivity contribution in [2.45, 2.75) is 40.2 Å². The molecular weight excluding hydrogens is 535 g/mol. The Morgan fingerprint density at radius 1 is 1.05 bits per heavy atom. The van der Waals surface area contributed by atoms with Crippen molar-refractivity contribution in [3.8, 4) is 22.2 Å². The molecule has 10 nitrogen and oxygen atoms in total. The normalized spacial score (nSPS) is 11.9. The lowest BCUT2D eigenvalue weighted by Gasteiger charge is -2.15. The lowest BCUT2D eigenvalue weighted by Crippen LogP contribution is -2.24. The minimum absolute atomic E-state index is 0.0396. The largest absolute Gasteiger partial charge is 0.484 e. The molecule has 2 aromatic carbocycles. The van der Waals surface area contributed by atoms with E-state index >= 15 is 0 Å². The van der Waals surface area contributed by atoms with Crippen LogP contribution in [0.3, 0.4) is 0 Å². The Morgan fingerprint density at radius 3 is 2.62 bits per heavy atom. The van der Waals surface area contributed by atoms with Crippen molar-refractivity contribution < 1.29 is 23.4 Å². The number of anilines is 1. The number of nitrogens with one attached hydrogen (secondary N) is 1. The van der Waals surface area contributed by atoms with E-state index in [4.69, 9.17) is 14.2 Å². The van der Waals surface area contributed by atoms with Crippen LogP contribution in [0.2, 0.25) is 0 Å². The van der Waals surface area contributed by atoms with Gasteiger partial charge in [0.2, 0.25) is 5.88 Å². The number of hydrogen-bond donors (Lipinski definition) is 1. The SMILES string of the molecule is CCCOc1cnc2c(-c3nc4cc(F)c(O[C@@H](C)COC(=O)Nc5cnc(C)nc5)cc4s3)cc(C)cc2n1. The van der Waals surface area contributed by atoms with Crippen LogP contribution in [0.1, 0.15) is 31.7 Å². The van der Waals surface area contributed by atoms with Gasteiger partial charge >= 0.3 is 6.09 Å². The van der Waals surface area contributed by atoms with Crippen molar-refractivity contribution in [1.29, 1.82) is 0 Å². The van der Waals surface area contributed by atoms with Crippen molar-refractivity contribution in [3.05, 3.63) is 60.1 Å². The fraction of sp³-hybridized carbons (Fsp3) is 0.286. The number of halogens is 1. The van der Waals surface area contributed by atoms with Crippen LogP contribution < -0.4 is 14.8 Å². The maximum absolute atomic E-state index is 14.9. The summed E-state index contributed by atoms with van der Waals surface area (Å²) in [7, 11) is 0. The van der Waals surface area contributed by atoms with Crippen molar-refractivity contribution in [3.63, 3.8) is 0 Å². The van der Waals surface area contributed by atoms with E-state index in [1.807, 2.05) is 26.0 Å². The molecular formula is C28H27FN6O4S. The van der Waals surface area contributed by atoms with Crippen LogP contribution in [0, 0.1) is 19.7 Å². The molecule has 40 heavy (non-hydrogen) atoms. The number of carbonyl (C=O) groups excluding carboxylic acids is 1. The first-order valence-electron chi connectivity index (χ1n) is 12.7. The Kier molecular flexibility index (Phi) is 7.96. The molecule has 12 heteroatoms. The molecule has 206 valence electrons. The first-order chi connectivity index (χ1) is 19.3. The quantitative estimate of drug-likeness (QED) is 0.222. The van der Waals surface area contributed by atoms with Crippen LogP contribution in [0.4, 0.5) is 14.9 Å².